The van der Waals surface area contributed by atoms with Crippen LogP contribution in [0.5, 0.6) is 0 Å². The first-order chi connectivity index (χ1) is 16.0. The quantitative estimate of drug-likeness (QED) is 0.340. The second-order valence-electron chi connectivity index (χ2n) is 7.48. The van der Waals surface area contributed by atoms with Gasteiger partial charge in [-0.1, -0.05) is 28.1 Å². The molecule has 0 fully saturated rings. The van der Waals surface area contributed by atoms with E-state index in [-0.39, 0.29) is 28.3 Å². The van der Waals surface area contributed by atoms with E-state index in [4.69, 9.17) is 0 Å². The molecule has 3 rings (SSSR count). The minimum Gasteiger partial charge on any atom is -0.478 e. The van der Waals surface area contributed by atoms with E-state index in [2.05, 4.69) is 41.9 Å². The summed E-state index contributed by atoms with van der Waals surface area (Å²) in [6.45, 7) is 0.0779. The van der Waals surface area contributed by atoms with Gasteiger partial charge < -0.3 is 15.3 Å². The highest BCUT2D eigenvalue weighted by Crippen LogP contribution is 2.25. The number of rotatable bonds is 8. The third-order valence-electron chi connectivity index (χ3n) is 4.87. The molecular formula is C23H21Br2N3O5S. The molecule has 3 aromatic carbocycles. The van der Waals surface area contributed by atoms with Gasteiger partial charge in [0.1, 0.15) is 0 Å². The summed E-state index contributed by atoms with van der Waals surface area (Å²) in [7, 11) is -0.0896. The van der Waals surface area contributed by atoms with Crippen LogP contribution < -0.4 is 14.9 Å². The Hall–Kier alpha value is -2.73. The van der Waals surface area contributed by atoms with Gasteiger partial charge in [-0.25, -0.2) is 17.9 Å². The molecule has 0 spiro atoms. The van der Waals surface area contributed by atoms with E-state index >= 15 is 0 Å². The Morgan fingerprint density at radius 2 is 1.62 bits per heavy atom. The minimum absolute atomic E-state index is 0.0393. The van der Waals surface area contributed by atoms with Crippen molar-refractivity contribution in [3.8, 4) is 0 Å². The normalized spacial score (nSPS) is 11.2. The van der Waals surface area contributed by atoms with Gasteiger partial charge in [0, 0.05) is 35.3 Å². The van der Waals surface area contributed by atoms with Crippen molar-refractivity contribution in [1.29, 1.82) is 0 Å². The van der Waals surface area contributed by atoms with Crippen LogP contribution in [0, 0.1) is 0 Å². The number of aromatic carboxylic acids is 1. The topological polar surface area (TPSA) is 116 Å². The molecule has 0 bridgehead atoms. The van der Waals surface area contributed by atoms with Gasteiger partial charge in [0.2, 0.25) is 10.0 Å². The summed E-state index contributed by atoms with van der Waals surface area (Å²) >= 11 is 6.46. The molecule has 0 saturated heterocycles. The third-order valence-corrected chi connectivity index (χ3v) is 7.46. The monoisotopic (exact) mass is 609 g/mol. The van der Waals surface area contributed by atoms with E-state index in [0.29, 0.717) is 8.95 Å². The predicted octanol–water partition coefficient (Wildman–Crippen LogP) is 4.71. The van der Waals surface area contributed by atoms with Gasteiger partial charge in [-0.05, 0) is 70.0 Å². The van der Waals surface area contributed by atoms with E-state index in [1.54, 1.807) is 6.07 Å². The van der Waals surface area contributed by atoms with Crippen LogP contribution in [0.3, 0.4) is 0 Å². The number of carbonyl (C=O) groups is 2. The first-order valence-corrected chi connectivity index (χ1v) is 12.9. The van der Waals surface area contributed by atoms with Crippen molar-refractivity contribution < 1.29 is 23.1 Å². The molecule has 8 nitrogen and oxygen atoms in total. The lowest BCUT2D eigenvalue weighted by Crippen LogP contribution is -2.24. The fraction of sp³-hybridized carbons (Fsp3) is 0.130. The summed E-state index contributed by atoms with van der Waals surface area (Å²) in [5.74, 6) is -1.87. The van der Waals surface area contributed by atoms with E-state index in [1.807, 2.05) is 43.3 Å². The first-order valence-electron chi connectivity index (χ1n) is 9.87. The largest absolute Gasteiger partial charge is 0.478 e. The van der Waals surface area contributed by atoms with Crippen LogP contribution in [-0.4, -0.2) is 39.5 Å². The molecule has 3 N–H and O–H groups in total. The zero-order valence-electron chi connectivity index (χ0n) is 18.2. The fourth-order valence-electron chi connectivity index (χ4n) is 3.01. The minimum atomic E-state index is -3.92. The van der Waals surface area contributed by atoms with Crippen LogP contribution in [0.25, 0.3) is 0 Å². The fourth-order valence-corrected chi connectivity index (χ4v) is 4.84. The van der Waals surface area contributed by atoms with Gasteiger partial charge in [0.05, 0.1) is 21.7 Å². The number of nitrogens with zero attached hydrogens (tertiary/aromatic N) is 1. The number of anilines is 2. The van der Waals surface area contributed by atoms with Crippen molar-refractivity contribution in [1.82, 2.24) is 4.72 Å². The Morgan fingerprint density at radius 1 is 0.941 bits per heavy atom. The molecule has 0 unspecified atom stereocenters. The Balaban J connectivity index is 1.81. The van der Waals surface area contributed by atoms with Crippen molar-refractivity contribution in [3.05, 3.63) is 86.3 Å². The molecule has 178 valence electrons. The second kappa shape index (κ2) is 10.7. The molecule has 0 aliphatic carbocycles. The van der Waals surface area contributed by atoms with Gasteiger partial charge in [-0.3, -0.25) is 4.79 Å². The molecule has 3 aromatic rings. The molecule has 0 atom stereocenters. The molecule has 0 heterocycles. The smallest absolute Gasteiger partial charge is 0.337 e. The summed E-state index contributed by atoms with van der Waals surface area (Å²) in [5.41, 5.74) is 1.79. The number of benzene rings is 3. The van der Waals surface area contributed by atoms with Crippen LogP contribution in [0.1, 0.15) is 26.3 Å². The van der Waals surface area contributed by atoms with Crippen molar-refractivity contribution in [2.45, 2.75) is 11.4 Å². The third kappa shape index (κ3) is 6.23. The van der Waals surface area contributed by atoms with Gasteiger partial charge in [-0.2, -0.15) is 0 Å². The van der Waals surface area contributed by atoms with Gasteiger partial charge in [-0.15, -0.1) is 0 Å². The Kier molecular flexibility index (Phi) is 8.13. The second-order valence-corrected chi connectivity index (χ2v) is 11.0. The summed E-state index contributed by atoms with van der Waals surface area (Å²) in [4.78, 5) is 26.2. The molecule has 1 amide bonds. The summed E-state index contributed by atoms with van der Waals surface area (Å²) < 4.78 is 29.1. The number of hydrogen-bond acceptors (Lipinski definition) is 5. The van der Waals surface area contributed by atoms with E-state index in [9.17, 15) is 23.1 Å². The number of halogens is 2. The summed E-state index contributed by atoms with van der Waals surface area (Å²) in [6.07, 6.45) is 0. The number of carboxylic acid groups (broad SMARTS) is 1. The highest BCUT2D eigenvalue weighted by molar-refractivity contribution is 9.10. The van der Waals surface area contributed by atoms with Crippen molar-refractivity contribution in [2.24, 2.45) is 0 Å². The van der Waals surface area contributed by atoms with Crippen LogP contribution in [-0.2, 0) is 16.6 Å². The molecule has 0 aliphatic heterocycles. The van der Waals surface area contributed by atoms with Gasteiger partial charge in [0.25, 0.3) is 5.91 Å². The number of hydrogen-bond donors (Lipinski definition) is 3. The van der Waals surface area contributed by atoms with Crippen molar-refractivity contribution in [2.75, 3.05) is 24.3 Å². The molecule has 11 heteroatoms. The Morgan fingerprint density at radius 3 is 2.24 bits per heavy atom. The standard InChI is InChI=1S/C23H21Br2N3O5S/c1-28(2)16-6-3-14(4-7-16)13-26-34(32,33)17-8-9-20(25)18(12-17)22(29)27-21-10-5-15(24)11-19(21)23(30)31/h3-12,26H,13H2,1-2H3,(H,27,29)(H,30,31). The molecule has 0 radical (unpaired) electrons. The molecule has 0 aliphatic rings. The molecule has 0 saturated carbocycles. The predicted molar refractivity (Wildman–Crippen MR) is 138 cm³/mol. The first kappa shape index (κ1) is 25.9. The Bertz CT molecular complexity index is 1340. The van der Waals surface area contributed by atoms with Crippen LogP contribution >= 0.6 is 31.9 Å². The summed E-state index contributed by atoms with van der Waals surface area (Å²) in [5, 5.41) is 11.9. The lowest BCUT2D eigenvalue weighted by molar-refractivity contribution is 0.0698. The maximum Gasteiger partial charge on any atom is 0.337 e. The van der Waals surface area contributed by atoms with Crippen LogP contribution in [0.15, 0.2) is 74.5 Å². The lowest BCUT2D eigenvalue weighted by atomic mass is 10.1. The van der Waals surface area contributed by atoms with E-state index in [0.717, 1.165) is 11.3 Å². The van der Waals surface area contributed by atoms with Crippen LogP contribution in [0.2, 0.25) is 0 Å². The maximum absolute atomic E-state index is 12.9. The summed E-state index contributed by atoms with van der Waals surface area (Å²) in [6, 6.07) is 15.9. The number of nitrogens with one attached hydrogen (secondary N) is 2. The highest BCUT2D eigenvalue weighted by atomic mass is 79.9. The number of sulfonamides is 1. The average Bonchev–Trinajstić information content (AvgIpc) is 2.79. The van der Waals surface area contributed by atoms with E-state index in [1.165, 1.54) is 30.3 Å². The van der Waals surface area contributed by atoms with Crippen molar-refractivity contribution >= 4 is 65.1 Å². The van der Waals surface area contributed by atoms with Crippen molar-refractivity contribution in [3.63, 3.8) is 0 Å². The number of carbonyl (C=O) groups excluding carboxylic acids is 1. The van der Waals surface area contributed by atoms with Gasteiger partial charge >= 0.3 is 5.97 Å². The maximum atomic E-state index is 12.9. The number of amides is 1. The average molecular weight is 611 g/mol. The SMILES string of the molecule is CN(C)c1ccc(CNS(=O)(=O)c2ccc(Br)c(C(=O)Nc3ccc(Br)cc3C(=O)O)c2)cc1. The molecule has 0 aromatic heterocycles. The van der Waals surface area contributed by atoms with Crippen LogP contribution in [0.4, 0.5) is 11.4 Å². The lowest BCUT2D eigenvalue weighted by Gasteiger charge is -2.14. The molecular weight excluding hydrogens is 590 g/mol. The molecule has 34 heavy (non-hydrogen) atoms. The number of carboxylic acids is 1. The van der Waals surface area contributed by atoms with E-state index < -0.39 is 21.9 Å². The van der Waals surface area contributed by atoms with Gasteiger partial charge in [0.15, 0.2) is 0 Å². The Labute approximate surface area is 214 Å². The zero-order chi connectivity index (χ0) is 25.0. The highest BCUT2D eigenvalue weighted by Gasteiger charge is 2.20. The zero-order valence-corrected chi connectivity index (χ0v) is 22.2.